The number of nitrogens with zero attached hydrogens (tertiary/aromatic N) is 2. The third-order valence-electron chi connectivity index (χ3n) is 4.69. The monoisotopic (exact) mass is 358 g/mol. The molecule has 0 saturated heterocycles. The van der Waals surface area contributed by atoms with E-state index in [9.17, 15) is 0 Å². The lowest BCUT2D eigenvalue weighted by molar-refractivity contribution is 0.299. The highest BCUT2D eigenvalue weighted by atomic mass is 16.5. The molecule has 27 heavy (non-hydrogen) atoms. The maximum absolute atomic E-state index is 5.98. The van der Waals surface area contributed by atoms with E-state index in [1.54, 1.807) is 6.26 Å². The molecular formula is C23H22N2O2. The highest BCUT2D eigenvalue weighted by Gasteiger charge is 2.08. The van der Waals surface area contributed by atoms with Gasteiger partial charge in [0.2, 0.25) is 0 Å². The fourth-order valence-electron chi connectivity index (χ4n) is 3.06. The van der Waals surface area contributed by atoms with Gasteiger partial charge < -0.3 is 13.7 Å². The average Bonchev–Trinajstić information content (AvgIpc) is 3.31. The first-order chi connectivity index (χ1) is 13.2. The quantitative estimate of drug-likeness (QED) is 0.457. The van der Waals surface area contributed by atoms with E-state index in [4.69, 9.17) is 14.1 Å². The van der Waals surface area contributed by atoms with Crippen LogP contribution in [0.15, 0.2) is 65.3 Å². The van der Waals surface area contributed by atoms with Crippen LogP contribution in [0.25, 0.3) is 23.2 Å². The molecule has 0 bridgehead atoms. The molecule has 4 nitrogen and oxygen atoms in total. The highest BCUT2D eigenvalue weighted by Crippen LogP contribution is 2.20. The van der Waals surface area contributed by atoms with Gasteiger partial charge in [-0.05, 0) is 73.5 Å². The Labute approximate surface area is 158 Å². The van der Waals surface area contributed by atoms with Gasteiger partial charge in [-0.3, -0.25) is 0 Å². The minimum atomic E-state index is 0.574. The topological polar surface area (TPSA) is 40.2 Å². The van der Waals surface area contributed by atoms with Crippen LogP contribution < -0.4 is 4.74 Å². The lowest BCUT2D eigenvalue weighted by Gasteiger charge is -2.10. The molecule has 0 fully saturated rings. The molecular weight excluding hydrogens is 336 g/mol. The molecule has 2 heterocycles. The summed E-state index contributed by atoms with van der Waals surface area (Å²) in [7, 11) is 0. The Kier molecular flexibility index (Phi) is 4.79. The molecule has 4 aromatic rings. The summed E-state index contributed by atoms with van der Waals surface area (Å²) < 4.78 is 13.5. The van der Waals surface area contributed by atoms with Crippen LogP contribution in [-0.4, -0.2) is 16.2 Å². The van der Waals surface area contributed by atoms with Crippen LogP contribution in [0.5, 0.6) is 5.75 Å². The van der Waals surface area contributed by atoms with Crippen LogP contribution in [0.1, 0.15) is 22.7 Å². The molecule has 0 spiro atoms. The van der Waals surface area contributed by atoms with Gasteiger partial charge in [0, 0.05) is 0 Å². The Balaban J connectivity index is 1.55. The van der Waals surface area contributed by atoms with Crippen LogP contribution in [0.2, 0.25) is 0 Å². The summed E-state index contributed by atoms with van der Waals surface area (Å²) in [6.45, 7) is 5.49. The van der Waals surface area contributed by atoms with E-state index in [0.29, 0.717) is 13.2 Å². The molecule has 2 aromatic carbocycles. The van der Waals surface area contributed by atoms with E-state index < -0.39 is 0 Å². The first-order valence-corrected chi connectivity index (χ1v) is 9.07. The van der Waals surface area contributed by atoms with E-state index in [-0.39, 0.29) is 0 Å². The number of para-hydroxylation sites is 2. The van der Waals surface area contributed by atoms with Gasteiger partial charge in [0.1, 0.15) is 23.9 Å². The van der Waals surface area contributed by atoms with Crippen molar-refractivity contribution in [3.8, 4) is 5.75 Å². The van der Waals surface area contributed by atoms with Crippen molar-refractivity contribution >= 4 is 23.2 Å². The highest BCUT2D eigenvalue weighted by molar-refractivity contribution is 5.79. The Morgan fingerprint density at radius 1 is 1.00 bits per heavy atom. The van der Waals surface area contributed by atoms with E-state index in [2.05, 4.69) is 36.6 Å². The number of fused-ring (bicyclic) bond motifs is 1. The van der Waals surface area contributed by atoms with E-state index in [1.165, 1.54) is 11.1 Å². The van der Waals surface area contributed by atoms with Gasteiger partial charge >= 0.3 is 0 Å². The number of hydrogen-bond acceptors (Lipinski definition) is 3. The maximum Gasteiger partial charge on any atom is 0.134 e. The molecule has 0 atom stereocenters. The zero-order chi connectivity index (χ0) is 18.6. The predicted molar refractivity (Wildman–Crippen MR) is 109 cm³/mol. The van der Waals surface area contributed by atoms with Crippen molar-refractivity contribution in [3.63, 3.8) is 0 Å². The largest absolute Gasteiger partial charge is 0.492 e. The van der Waals surface area contributed by atoms with E-state index >= 15 is 0 Å². The van der Waals surface area contributed by atoms with Crippen molar-refractivity contribution in [1.82, 2.24) is 9.55 Å². The normalized spacial score (nSPS) is 11.5. The first kappa shape index (κ1) is 17.2. The zero-order valence-electron chi connectivity index (χ0n) is 15.6. The third-order valence-corrected chi connectivity index (χ3v) is 4.69. The van der Waals surface area contributed by atoms with Gasteiger partial charge in [-0.25, -0.2) is 4.98 Å². The van der Waals surface area contributed by atoms with Crippen LogP contribution in [-0.2, 0) is 6.54 Å². The van der Waals surface area contributed by atoms with Crippen molar-refractivity contribution in [2.24, 2.45) is 0 Å². The molecule has 0 unspecified atom stereocenters. The van der Waals surface area contributed by atoms with Gasteiger partial charge in [-0.2, -0.15) is 0 Å². The second-order valence-electron chi connectivity index (χ2n) is 6.55. The second kappa shape index (κ2) is 7.54. The van der Waals surface area contributed by atoms with Gasteiger partial charge in [0.05, 0.1) is 23.8 Å². The van der Waals surface area contributed by atoms with Gasteiger partial charge in [0.25, 0.3) is 0 Å². The Morgan fingerprint density at radius 2 is 1.89 bits per heavy atom. The summed E-state index contributed by atoms with van der Waals surface area (Å²) in [4.78, 5) is 4.74. The number of ether oxygens (including phenoxy) is 1. The van der Waals surface area contributed by atoms with Crippen LogP contribution in [0.4, 0.5) is 0 Å². The zero-order valence-corrected chi connectivity index (χ0v) is 15.6. The number of hydrogen-bond donors (Lipinski definition) is 0. The summed E-state index contributed by atoms with van der Waals surface area (Å²) in [6, 6.07) is 18.1. The van der Waals surface area contributed by atoms with Crippen LogP contribution >= 0.6 is 0 Å². The predicted octanol–water partition coefficient (Wildman–Crippen LogP) is 5.50. The molecule has 4 rings (SSSR count). The van der Waals surface area contributed by atoms with Gasteiger partial charge in [0.15, 0.2) is 0 Å². The van der Waals surface area contributed by atoms with Gasteiger partial charge in [-0.15, -0.1) is 0 Å². The summed E-state index contributed by atoms with van der Waals surface area (Å²) in [5.74, 6) is 2.59. The number of aromatic nitrogens is 2. The van der Waals surface area contributed by atoms with Crippen LogP contribution in [0.3, 0.4) is 0 Å². The summed E-state index contributed by atoms with van der Waals surface area (Å²) in [6.07, 6.45) is 5.58. The van der Waals surface area contributed by atoms with Crippen molar-refractivity contribution < 1.29 is 9.15 Å². The fourth-order valence-corrected chi connectivity index (χ4v) is 3.06. The number of imidazole rings is 1. The van der Waals surface area contributed by atoms with E-state index in [0.717, 1.165) is 28.4 Å². The molecule has 136 valence electrons. The minimum absolute atomic E-state index is 0.574. The number of benzene rings is 2. The van der Waals surface area contributed by atoms with Crippen LogP contribution in [0, 0.1) is 13.8 Å². The summed E-state index contributed by atoms with van der Waals surface area (Å²) in [5, 5.41) is 0. The third kappa shape index (κ3) is 3.80. The maximum atomic E-state index is 5.98. The number of aryl methyl sites for hydroxylation is 2. The Morgan fingerprint density at radius 3 is 2.70 bits per heavy atom. The number of furan rings is 1. The van der Waals surface area contributed by atoms with E-state index in [1.807, 2.05) is 48.6 Å². The molecule has 0 aliphatic heterocycles. The molecule has 0 saturated carbocycles. The second-order valence-corrected chi connectivity index (χ2v) is 6.55. The summed E-state index contributed by atoms with van der Waals surface area (Å²) in [5.41, 5.74) is 4.58. The molecule has 0 aliphatic rings. The van der Waals surface area contributed by atoms with Crippen molar-refractivity contribution in [1.29, 1.82) is 0 Å². The average molecular weight is 358 g/mol. The SMILES string of the molecule is Cc1ccc(OCCn2c(/C=C/c3ccco3)nc3ccccc32)cc1C. The first-order valence-electron chi connectivity index (χ1n) is 9.07. The molecule has 0 N–H and O–H groups in total. The Hall–Kier alpha value is -3.27. The standard InChI is InChI=1S/C23H22N2O2/c1-17-9-10-20(16-18(17)2)27-15-13-25-22-8-4-3-7-21(22)24-23(25)12-11-19-6-5-14-26-19/h3-12,14,16H,13,15H2,1-2H3/b12-11+. The van der Waals surface area contributed by atoms with Gasteiger partial charge in [-0.1, -0.05) is 18.2 Å². The van der Waals surface area contributed by atoms with Crippen molar-refractivity contribution in [3.05, 3.63) is 83.6 Å². The fraction of sp³-hybridized carbons (Fsp3) is 0.174. The Bertz CT molecular complexity index is 1080. The molecule has 0 radical (unpaired) electrons. The minimum Gasteiger partial charge on any atom is -0.492 e. The molecule has 2 aromatic heterocycles. The molecule has 0 amide bonds. The molecule has 4 heteroatoms. The number of rotatable bonds is 6. The lowest BCUT2D eigenvalue weighted by atomic mass is 10.1. The lowest BCUT2D eigenvalue weighted by Crippen LogP contribution is -2.09. The molecule has 0 aliphatic carbocycles. The smallest absolute Gasteiger partial charge is 0.134 e. The van der Waals surface area contributed by atoms with Crippen molar-refractivity contribution in [2.45, 2.75) is 20.4 Å². The van der Waals surface area contributed by atoms with Crippen molar-refractivity contribution in [2.75, 3.05) is 6.61 Å². The summed E-state index contributed by atoms with van der Waals surface area (Å²) >= 11 is 0.